The molecule has 0 aromatic heterocycles. The van der Waals surface area contributed by atoms with Crippen LogP contribution in [0.4, 0.5) is 0 Å². The highest BCUT2D eigenvalue weighted by molar-refractivity contribution is 14.1. The summed E-state index contributed by atoms with van der Waals surface area (Å²) in [5.74, 6) is 0.937. The van der Waals surface area contributed by atoms with Crippen LogP contribution in [-0.2, 0) is 11.2 Å². The molecule has 20 heavy (non-hydrogen) atoms. The van der Waals surface area contributed by atoms with Gasteiger partial charge in [-0.1, -0.05) is 24.3 Å². The standard InChI is InChI=1S/C17H17IO2/c18-15-3-1-2-14(11-15)10-13-4-6-16(7-5-13)20-17-8-9-19-12-17/h1-7,11,17H,8-10,12H2/t17-/m0/s1. The Bertz CT molecular complexity index is 559. The lowest BCUT2D eigenvalue weighted by molar-refractivity contribution is 0.141. The number of hydrogen-bond acceptors (Lipinski definition) is 2. The third kappa shape index (κ3) is 3.73. The summed E-state index contributed by atoms with van der Waals surface area (Å²) < 4.78 is 12.5. The van der Waals surface area contributed by atoms with E-state index >= 15 is 0 Å². The molecule has 1 fully saturated rings. The maximum Gasteiger partial charge on any atom is 0.124 e. The molecule has 2 aromatic rings. The van der Waals surface area contributed by atoms with Gasteiger partial charge >= 0.3 is 0 Å². The average Bonchev–Trinajstić information content (AvgIpc) is 2.94. The Kier molecular flexibility index (Phi) is 4.58. The van der Waals surface area contributed by atoms with E-state index in [0.29, 0.717) is 6.61 Å². The minimum atomic E-state index is 0.219. The van der Waals surface area contributed by atoms with Crippen LogP contribution in [0.2, 0.25) is 0 Å². The lowest BCUT2D eigenvalue weighted by Gasteiger charge is -2.12. The summed E-state index contributed by atoms with van der Waals surface area (Å²) in [6.45, 7) is 1.53. The largest absolute Gasteiger partial charge is 0.488 e. The molecule has 3 rings (SSSR count). The van der Waals surface area contributed by atoms with Gasteiger partial charge in [0, 0.05) is 9.99 Å². The summed E-state index contributed by atoms with van der Waals surface area (Å²) in [6, 6.07) is 17.0. The Hall–Kier alpha value is -1.07. The van der Waals surface area contributed by atoms with Crippen LogP contribution in [-0.4, -0.2) is 19.3 Å². The Balaban J connectivity index is 1.63. The average molecular weight is 380 g/mol. The van der Waals surface area contributed by atoms with Crippen molar-refractivity contribution in [3.05, 3.63) is 63.2 Å². The van der Waals surface area contributed by atoms with Gasteiger partial charge in [-0.15, -0.1) is 0 Å². The van der Waals surface area contributed by atoms with Gasteiger partial charge in [-0.3, -0.25) is 0 Å². The molecule has 0 saturated carbocycles. The summed E-state index contributed by atoms with van der Waals surface area (Å²) in [5.41, 5.74) is 2.65. The summed E-state index contributed by atoms with van der Waals surface area (Å²) in [4.78, 5) is 0. The van der Waals surface area contributed by atoms with Crippen LogP contribution in [0, 0.1) is 3.57 Å². The van der Waals surface area contributed by atoms with E-state index in [9.17, 15) is 0 Å². The molecule has 3 heteroatoms. The van der Waals surface area contributed by atoms with Crippen molar-refractivity contribution in [3.8, 4) is 5.75 Å². The van der Waals surface area contributed by atoms with Crippen molar-refractivity contribution < 1.29 is 9.47 Å². The summed E-state index contributed by atoms with van der Waals surface area (Å²) in [5, 5.41) is 0. The molecule has 1 aliphatic rings. The van der Waals surface area contributed by atoms with Crippen LogP contribution in [0.1, 0.15) is 17.5 Å². The van der Waals surface area contributed by atoms with Crippen LogP contribution in [0.15, 0.2) is 48.5 Å². The highest BCUT2D eigenvalue weighted by Gasteiger charge is 2.16. The monoisotopic (exact) mass is 380 g/mol. The Morgan fingerprint density at radius 3 is 2.65 bits per heavy atom. The van der Waals surface area contributed by atoms with E-state index in [4.69, 9.17) is 9.47 Å². The van der Waals surface area contributed by atoms with Crippen LogP contribution in [0.25, 0.3) is 0 Å². The van der Waals surface area contributed by atoms with Crippen molar-refractivity contribution in [3.63, 3.8) is 0 Å². The van der Waals surface area contributed by atoms with E-state index in [0.717, 1.165) is 25.2 Å². The number of hydrogen-bond donors (Lipinski definition) is 0. The molecule has 0 aliphatic carbocycles. The first-order chi connectivity index (χ1) is 9.79. The molecule has 0 radical (unpaired) electrons. The molecule has 0 bridgehead atoms. The van der Waals surface area contributed by atoms with E-state index in [1.165, 1.54) is 14.7 Å². The Morgan fingerprint density at radius 2 is 1.95 bits per heavy atom. The summed E-state index contributed by atoms with van der Waals surface area (Å²) in [7, 11) is 0. The fraction of sp³-hybridized carbons (Fsp3) is 0.294. The molecule has 1 saturated heterocycles. The molecule has 1 aliphatic heterocycles. The van der Waals surface area contributed by atoms with Gasteiger partial charge in [0.2, 0.25) is 0 Å². The lowest BCUT2D eigenvalue weighted by Crippen LogP contribution is -2.15. The Morgan fingerprint density at radius 1 is 1.10 bits per heavy atom. The van der Waals surface area contributed by atoms with Gasteiger partial charge in [0.25, 0.3) is 0 Å². The minimum Gasteiger partial charge on any atom is -0.488 e. The first-order valence-electron chi connectivity index (χ1n) is 6.87. The lowest BCUT2D eigenvalue weighted by atomic mass is 10.1. The quantitative estimate of drug-likeness (QED) is 0.746. The van der Waals surface area contributed by atoms with Gasteiger partial charge in [0.05, 0.1) is 13.2 Å². The normalized spacial score (nSPS) is 18.1. The van der Waals surface area contributed by atoms with Gasteiger partial charge in [0.1, 0.15) is 11.9 Å². The molecule has 1 atom stereocenters. The zero-order chi connectivity index (χ0) is 13.8. The molecular weight excluding hydrogens is 363 g/mol. The fourth-order valence-corrected chi connectivity index (χ4v) is 2.97. The van der Waals surface area contributed by atoms with Crippen molar-refractivity contribution >= 4 is 22.6 Å². The first-order valence-corrected chi connectivity index (χ1v) is 7.95. The molecule has 0 amide bonds. The minimum absolute atomic E-state index is 0.219. The Labute approximate surface area is 133 Å². The van der Waals surface area contributed by atoms with Gasteiger partial charge < -0.3 is 9.47 Å². The number of benzene rings is 2. The van der Waals surface area contributed by atoms with Crippen molar-refractivity contribution in [1.82, 2.24) is 0 Å². The van der Waals surface area contributed by atoms with E-state index in [2.05, 4.69) is 71.1 Å². The van der Waals surface area contributed by atoms with Gasteiger partial charge in [-0.05, 0) is 64.4 Å². The second-order valence-corrected chi connectivity index (χ2v) is 6.30. The van der Waals surface area contributed by atoms with Crippen molar-refractivity contribution in [2.75, 3.05) is 13.2 Å². The smallest absolute Gasteiger partial charge is 0.124 e. The zero-order valence-corrected chi connectivity index (χ0v) is 13.4. The number of ether oxygens (including phenoxy) is 2. The number of halogens is 1. The SMILES string of the molecule is Ic1cccc(Cc2ccc(O[C@H]3CCOC3)cc2)c1. The topological polar surface area (TPSA) is 18.5 Å². The summed E-state index contributed by atoms with van der Waals surface area (Å²) >= 11 is 2.35. The van der Waals surface area contributed by atoms with Crippen molar-refractivity contribution in [2.45, 2.75) is 18.9 Å². The first kappa shape index (κ1) is 13.9. The molecular formula is C17H17IO2. The van der Waals surface area contributed by atoms with Crippen LogP contribution < -0.4 is 4.74 Å². The maximum absolute atomic E-state index is 5.87. The van der Waals surface area contributed by atoms with Gasteiger partial charge in [-0.25, -0.2) is 0 Å². The molecule has 1 heterocycles. The van der Waals surface area contributed by atoms with Gasteiger partial charge in [-0.2, -0.15) is 0 Å². The highest BCUT2D eigenvalue weighted by Crippen LogP contribution is 2.19. The van der Waals surface area contributed by atoms with Crippen LogP contribution in [0.5, 0.6) is 5.75 Å². The predicted octanol–water partition coefficient (Wildman–Crippen LogP) is 4.05. The summed E-state index contributed by atoms with van der Waals surface area (Å²) in [6.07, 6.45) is 2.17. The molecule has 2 nitrogen and oxygen atoms in total. The molecule has 0 N–H and O–H groups in total. The predicted molar refractivity (Wildman–Crippen MR) is 88.3 cm³/mol. The number of rotatable bonds is 4. The fourth-order valence-electron chi connectivity index (χ4n) is 2.37. The van der Waals surface area contributed by atoms with Gasteiger partial charge in [0.15, 0.2) is 0 Å². The van der Waals surface area contributed by atoms with Crippen molar-refractivity contribution in [2.24, 2.45) is 0 Å². The second-order valence-electron chi connectivity index (χ2n) is 5.05. The molecule has 0 unspecified atom stereocenters. The van der Waals surface area contributed by atoms with Crippen molar-refractivity contribution in [1.29, 1.82) is 0 Å². The second kappa shape index (κ2) is 6.59. The van der Waals surface area contributed by atoms with E-state index in [1.807, 2.05) is 0 Å². The third-order valence-electron chi connectivity index (χ3n) is 3.41. The highest BCUT2D eigenvalue weighted by atomic mass is 127. The molecule has 0 spiro atoms. The van der Waals surface area contributed by atoms with E-state index in [-0.39, 0.29) is 6.10 Å². The van der Waals surface area contributed by atoms with E-state index in [1.54, 1.807) is 0 Å². The van der Waals surface area contributed by atoms with Crippen LogP contribution in [0.3, 0.4) is 0 Å². The van der Waals surface area contributed by atoms with E-state index < -0.39 is 0 Å². The molecule has 2 aromatic carbocycles. The maximum atomic E-state index is 5.87. The zero-order valence-electron chi connectivity index (χ0n) is 11.2. The third-order valence-corrected chi connectivity index (χ3v) is 4.08. The molecule has 104 valence electrons. The van der Waals surface area contributed by atoms with Crippen LogP contribution >= 0.6 is 22.6 Å².